The number of anilines is 1. The highest BCUT2D eigenvalue weighted by Gasteiger charge is 2.32. The highest BCUT2D eigenvalue weighted by molar-refractivity contribution is 9.10. The number of benzene rings is 1. The van der Waals surface area contributed by atoms with Crippen LogP contribution in [0.15, 0.2) is 22.7 Å². The molecular weight excluding hydrogens is 306 g/mol. The summed E-state index contributed by atoms with van der Waals surface area (Å²) in [4.78, 5) is 14.1. The monoisotopic (exact) mass is 321 g/mol. The molecule has 1 saturated heterocycles. The molecule has 2 rings (SSSR count). The normalized spacial score (nSPS) is 23.3. The van der Waals surface area contributed by atoms with Gasteiger partial charge in [-0.15, -0.1) is 0 Å². The molecule has 4 nitrogen and oxygen atoms in total. The first kappa shape index (κ1) is 14.0. The summed E-state index contributed by atoms with van der Waals surface area (Å²) in [7, 11) is 0. The molecule has 1 aromatic carbocycles. The van der Waals surface area contributed by atoms with Crippen molar-refractivity contribution >= 4 is 27.5 Å². The third kappa shape index (κ3) is 2.96. The van der Waals surface area contributed by atoms with Crippen molar-refractivity contribution in [2.45, 2.75) is 32.4 Å². The molecule has 1 aliphatic rings. The number of rotatable bonds is 2. The predicted octanol–water partition coefficient (Wildman–Crippen LogP) is 2.36. The van der Waals surface area contributed by atoms with Crippen LogP contribution in [-0.2, 0) is 4.79 Å². The Labute approximate surface area is 121 Å². The third-order valence-electron chi connectivity index (χ3n) is 3.25. The number of carbonyl (C=O) groups is 1. The zero-order valence-electron chi connectivity index (χ0n) is 11.0. The fraction of sp³-hybridized carbons (Fsp3) is 0.429. The fourth-order valence-corrected chi connectivity index (χ4v) is 2.53. The summed E-state index contributed by atoms with van der Waals surface area (Å²) < 4.78 is 1.03. The molecule has 19 heavy (non-hydrogen) atoms. The fourth-order valence-electron chi connectivity index (χ4n) is 2.29. The van der Waals surface area contributed by atoms with Gasteiger partial charge in [0, 0.05) is 22.7 Å². The molecule has 1 heterocycles. The Kier molecular flexibility index (Phi) is 4.23. The van der Waals surface area contributed by atoms with Gasteiger partial charge < -0.3 is 10.2 Å². The van der Waals surface area contributed by atoms with Crippen LogP contribution in [0.2, 0.25) is 0 Å². The minimum atomic E-state index is -0.405. The lowest BCUT2D eigenvalue weighted by Gasteiger charge is -2.36. The van der Waals surface area contributed by atoms with Crippen LogP contribution in [0.3, 0.4) is 0 Å². The zero-order valence-corrected chi connectivity index (χ0v) is 12.6. The Morgan fingerprint density at radius 1 is 1.58 bits per heavy atom. The summed E-state index contributed by atoms with van der Waals surface area (Å²) >= 11 is 3.46. The average molecular weight is 322 g/mol. The molecule has 2 atom stereocenters. The Morgan fingerprint density at radius 2 is 2.32 bits per heavy atom. The van der Waals surface area contributed by atoms with E-state index in [2.05, 4.69) is 27.3 Å². The number of hydrogen-bond acceptors (Lipinski definition) is 3. The number of nitrogens with one attached hydrogen (secondary N) is 1. The SMILES string of the molecule is Cc1cc(N2CC(C)NC(CC#N)C2=O)ccc1Br. The van der Waals surface area contributed by atoms with Gasteiger partial charge in [-0.25, -0.2) is 0 Å². The van der Waals surface area contributed by atoms with E-state index in [0.717, 1.165) is 15.7 Å². The third-order valence-corrected chi connectivity index (χ3v) is 4.14. The van der Waals surface area contributed by atoms with E-state index in [1.807, 2.05) is 32.0 Å². The van der Waals surface area contributed by atoms with E-state index in [0.29, 0.717) is 6.54 Å². The highest BCUT2D eigenvalue weighted by Crippen LogP contribution is 2.25. The van der Waals surface area contributed by atoms with Gasteiger partial charge in [0.2, 0.25) is 5.91 Å². The number of nitrogens with zero attached hydrogens (tertiary/aromatic N) is 2. The molecule has 2 unspecified atom stereocenters. The molecule has 0 saturated carbocycles. The second kappa shape index (κ2) is 5.72. The van der Waals surface area contributed by atoms with Crippen molar-refractivity contribution in [1.82, 2.24) is 5.32 Å². The molecular formula is C14H16BrN3O. The number of halogens is 1. The topological polar surface area (TPSA) is 56.1 Å². The summed E-state index contributed by atoms with van der Waals surface area (Å²) in [6.45, 7) is 4.65. The molecule has 0 aliphatic carbocycles. The van der Waals surface area contributed by atoms with E-state index < -0.39 is 6.04 Å². The van der Waals surface area contributed by atoms with Crippen LogP contribution in [-0.4, -0.2) is 24.5 Å². The van der Waals surface area contributed by atoms with Gasteiger partial charge in [-0.05, 0) is 37.6 Å². The molecule has 1 amide bonds. The predicted molar refractivity (Wildman–Crippen MR) is 77.8 cm³/mol. The summed E-state index contributed by atoms with van der Waals surface area (Å²) in [5.41, 5.74) is 1.98. The molecule has 0 aromatic heterocycles. The van der Waals surface area contributed by atoms with E-state index in [-0.39, 0.29) is 18.4 Å². The lowest BCUT2D eigenvalue weighted by molar-refractivity contribution is -0.122. The number of piperazine rings is 1. The van der Waals surface area contributed by atoms with Gasteiger partial charge in [0.25, 0.3) is 0 Å². The second-order valence-corrected chi connectivity index (χ2v) is 5.72. The average Bonchev–Trinajstić information content (AvgIpc) is 2.37. The van der Waals surface area contributed by atoms with E-state index >= 15 is 0 Å². The summed E-state index contributed by atoms with van der Waals surface area (Å²) in [5, 5.41) is 12.0. The zero-order chi connectivity index (χ0) is 14.0. The van der Waals surface area contributed by atoms with Gasteiger partial charge >= 0.3 is 0 Å². The van der Waals surface area contributed by atoms with E-state index in [9.17, 15) is 4.79 Å². The minimum Gasteiger partial charge on any atom is -0.309 e. The molecule has 1 fully saturated rings. The number of aryl methyl sites for hydroxylation is 1. The maximum atomic E-state index is 12.4. The molecule has 0 radical (unpaired) electrons. The first-order chi connectivity index (χ1) is 9.02. The number of carbonyl (C=O) groups excluding carboxylic acids is 1. The van der Waals surface area contributed by atoms with Gasteiger partial charge in [0.05, 0.1) is 12.5 Å². The maximum Gasteiger partial charge on any atom is 0.245 e. The van der Waals surface area contributed by atoms with Crippen LogP contribution in [0, 0.1) is 18.3 Å². The molecule has 1 aliphatic heterocycles. The highest BCUT2D eigenvalue weighted by atomic mass is 79.9. The van der Waals surface area contributed by atoms with Crippen LogP contribution in [0.25, 0.3) is 0 Å². The summed E-state index contributed by atoms with van der Waals surface area (Å²) in [6, 6.07) is 7.70. The van der Waals surface area contributed by atoms with Crippen molar-refractivity contribution in [1.29, 1.82) is 5.26 Å². The van der Waals surface area contributed by atoms with Gasteiger partial charge in [0.1, 0.15) is 6.04 Å². The first-order valence-corrected chi connectivity index (χ1v) is 7.02. The Hall–Kier alpha value is -1.38. The van der Waals surface area contributed by atoms with Crippen LogP contribution in [0.5, 0.6) is 0 Å². The van der Waals surface area contributed by atoms with Crippen LogP contribution in [0.4, 0.5) is 5.69 Å². The van der Waals surface area contributed by atoms with Crippen molar-refractivity contribution in [3.63, 3.8) is 0 Å². The summed E-state index contributed by atoms with van der Waals surface area (Å²) in [5.74, 6) is -0.0265. The van der Waals surface area contributed by atoms with Crippen LogP contribution < -0.4 is 10.2 Å². The van der Waals surface area contributed by atoms with Gasteiger partial charge in [-0.3, -0.25) is 4.79 Å². The second-order valence-electron chi connectivity index (χ2n) is 4.86. The number of nitriles is 1. The largest absolute Gasteiger partial charge is 0.309 e. The standard InChI is InChI=1S/C14H16BrN3O/c1-9-7-11(3-4-12(9)15)18-8-10(2)17-13(5-6-16)14(18)19/h3-4,7,10,13,17H,5,8H2,1-2H3. The molecule has 100 valence electrons. The van der Waals surface area contributed by atoms with Crippen molar-refractivity contribution in [3.8, 4) is 6.07 Å². The van der Waals surface area contributed by atoms with Crippen molar-refractivity contribution < 1.29 is 4.79 Å². The van der Waals surface area contributed by atoms with Gasteiger partial charge in [-0.2, -0.15) is 5.26 Å². The van der Waals surface area contributed by atoms with Crippen LogP contribution in [0.1, 0.15) is 18.9 Å². The Morgan fingerprint density at radius 3 is 2.95 bits per heavy atom. The molecule has 1 N–H and O–H groups in total. The maximum absolute atomic E-state index is 12.4. The van der Waals surface area contributed by atoms with E-state index in [4.69, 9.17) is 5.26 Å². The molecule has 0 bridgehead atoms. The quantitative estimate of drug-likeness (QED) is 0.909. The molecule has 1 aromatic rings. The Balaban J connectivity index is 2.29. The van der Waals surface area contributed by atoms with E-state index in [1.54, 1.807) is 4.90 Å². The lowest BCUT2D eigenvalue weighted by atomic mass is 10.1. The number of hydrogen-bond donors (Lipinski definition) is 1. The van der Waals surface area contributed by atoms with Crippen LogP contribution >= 0.6 is 15.9 Å². The van der Waals surface area contributed by atoms with E-state index in [1.165, 1.54) is 0 Å². The smallest absolute Gasteiger partial charge is 0.245 e. The molecule has 0 spiro atoms. The molecule has 5 heteroatoms. The van der Waals surface area contributed by atoms with Crippen molar-refractivity contribution in [2.75, 3.05) is 11.4 Å². The lowest BCUT2D eigenvalue weighted by Crippen LogP contribution is -2.59. The first-order valence-electron chi connectivity index (χ1n) is 6.23. The summed E-state index contributed by atoms with van der Waals surface area (Å²) in [6.07, 6.45) is 0.204. The van der Waals surface area contributed by atoms with Gasteiger partial charge in [-0.1, -0.05) is 15.9 Å². The number of amides is 1. The minimum absolute atomic E-state index is 0.0265. The Bertz CT molecular complexity index is 538. The van der Waals surface area contributed by atoms with Gasteiger partial charge in [0.15, 0.2) is 0 Å². The van der Waals surface area contributed by atoms with Crippen molar-refractivity contribution in [3.05, 3.63) is 28.2 Å². The van der Waals surface area contributed by atoms with Crippen molar-refractivity contribution in [2.24, 2.45) is 0 Å².